The molecule has 4 atom stereocenters. The lowest BCUT2D eigenvalue weighted by Crippen LogP contribution is -2.52. The maximum absolute atomic E-state index is 13.7. The van der Waals surface area contributed by atoms with Gasteiger partial charge >= 0.3 is 5.97 Å². The lowest BCUT2D eigenvalue weighted by Gasteiger charge is -2.31. The van der Waals surface area contributed by atoms with Gasteiger partial charge in [-0.05, 0) is 85.7 Å². The molecule has 0 N–H and O–H groups in total. The summed E-state index contributed by atoms with van der Waals surface area (Å²) in [5, 5.41) is 2.16. The van der Waals surface area contributed by atoms with Gasteiger partial charge in [0, 0.05) is 11.1 Å². The summed E-state index contributed by atoms with van der Waals surface area (Å²) in [6, 6.07) is 18.5. The van der Waals surface area contributed by atoms with Gasteiger partial charge in [-0.1, -0.05) is 41.4 Å². The second-order valence-corrected chi connectivity index (χ2v) is 11.4. The third-order valence-electron chi connectivity index (χ3n) is 8.24. The molecule has 10 heteroatoms. The summed E-state index contributed by atoms with van der Waals surface area (Å²) in [4.78, 5) is 66.7. The first kappa shape index (κ1) is 27.2. The smallest absolute Gasteiger partial charge is 0.343 e. The average molecular weight is 591 g/mol. The Bertz CT molecular complexity index is 1550. The number of Topliss-reactive ketones (excluding diaryl/α,β-unsaturated/α-hetero) is 1. The van der Waals surface area contributed by atoms with Crippen molar-refractivity contribution in [3.8, 4) is 5.75 Å². The van der Waals surface area contributed by atoms with Crippen LogP contribution in [0.15, 0.2) is 72.8 Å². The Balaban J connectivity index is 1.25. The molecule has 2 bridgehead atoms. The molecule has 1 saturated heterocycles. The van der Waals surface area contributed by atoms with Gasteiger partial charge in [-0.25, -0.2) is 9.80 Å². The molecule has 2 aliphatic carbocycles. The summed E-state index contributed by atoms with van der Waals surface area (Å²) in [6.07, 6.45) is 2.58. The minimum absolute atomic E-state index is 0.0796. The molecule has 3 fully saturated rings. The van der Waals surface area contributed by atoms with E-state index >= 15 is 0 Å². The number of ether oxygens (including phenoxy) is 1. The van der Waals surface area contributed by atoms with E-state index in [-0.39, 0.29) is 38.8 Å². The van der Waals surface area contributed by atoms with Crippen LogP contribution in [0.25, 0.3) is 0 Å². The minimum atomic E-state index is -0.723. The van der Waals surface area contributed by atoms with E-state index in [9.17, 15) is 24.0 Å². The maximum atomic E-state index is 13.7. The van der Waals surface area contributed by atoms with Crippen molar-refractivity contribution in [1.82, 2.24) is 10.0 Å². The maximum Gasteiger partial charge on any atom is 0.343 e. The van der Waals surface area contributed by atoms with Gasteiger partial charge in [-0.15, -0.1) is 0 Å². The van der Waals surface area contributed by atoms with Crippen LogP contribution in [0.3, 0.4) is 0 Å². The molecule has 0 aromatic heterocycles. The van der Waals surface area contributed by atoms with Gasteiger partial charge in [0.05, 0.1) is 27.4 Å². The van der Waals surface area contributed by atoms with Gasteiger partial charge in [0.1, 0.15) is 12.3 Å². The summed E-state index contributed by atoms with van der Waals surface area (Å²) >= 11 is 12.2. The van der Waals surface area contributed by atoms with Crippen LogP contribution in [0.4, 0.5) is 0 Å². The number of rotatable bonds is 7. The van der Waals surface area contributed by atoms with Crippen LogP contribution in [-0.2, 0) is 9.59 Å². The number of esters is 1. The highest BCUT2D eigenvalue weighted by atomic mass is 35.5. The molecule has 0 spiro atoms. The van der Waals surface area contributed by atoms with E-state index in [1.54, 1.807) is 30.3 Å². The second kappa shape index (κ2) is 10.8. The Morgan fingerprint density at radius 3 is 2.00 bits per heavy atom. The van der Waals surface area contributed by atoms with E-state index < -0.39 is 47.9 Å². The molecular weight excluding hydrogens is 567 g/mol. The number of amides is 3. The van der Waals surface area contributed by atoms with Crippen LogP contribution in [-0.4, -0.2) is 46.0 Å². The van der Waals surface area contributed by atoms with E-state index in [0.717, 1.165) is 29.3 Å². The molecule has 3 aromatic carbocycles. The number of hydrogen-bond acceptors (Lipinski definition) is 6. The SMILES string of the molecule is O=C(CN(C(=O)c1ccc(Cl)c(Cl)c1)N1C(=O)[C@@H]2[C@H]3CC[C@@H](C3)[C@H]2C1=O)c1ccc(OC(=O)c2ccccc2)cc1. The lowest BCUT2D eigenvalue weighted by molar-refractivity contribution is -0.155. The van der Waals surface area contributed by atoms with Crippen molar-refractivity contribution < 1.29 is 28.7 Å². The Hall–Kier alpha value is -4.01. The predicted octanol–water partition coefficient (Wildman–Crippen LogP) is 5.48. The van der Waals surface area contributed by atoms with E-state index in [1.807, 2.05) is 0 Å². The Morgan fingerprint density at radius 2 is 1.39 bits per heavy atom. The van der Waals surface area contributed by atoms with Crippen molar-refractivity contribution in [2.45, 2.75) is 19.3 Å². The number of nitrogens with zero attached hydrogens (tertiary/aromatic N) is 2. The van der Waals surface area contributed by atoms with Crippen molar-refractivity contribution in [3.05, 3.63) is 99.5 Å². The Labute approximate surface area is 245 Å². The van der Waals surface area contributed by atoms with Gasteiger partial charge < -0.3 is 4.74 Å². The molecule has 3 amide bonds. The number of benzene rings is 3. The molecule has 6 rings (SSSR count). The zero-order valence-corrected chi connectivity index (χ0v) is 23.2. The van der Waals surface area contributed by atoms with Crippen molar-refractivity contribution in [2.24, 2.45) is 23.7 Å². The largest absolute Gasteiger partial charge is 0.423 e. The standard InChI is InChI=1S/C31H24Cl2N2O6/c32-23-13-10-21(15-24(23)33)28(37)34(35-29(38)26-19-6-7-20(14-19)27(26)30(35)39)16-25(36)17-8-11-22(12-9-17)41-31(40)18-4-2-1-3-5-18/h1-5,8-13,15,19-20,26-27H,6-7,14,16H2/t19-,20-,26+,27+/m0/s1. The van der Waals surface area contributed by atoms with E-state index in [4.69, 9.17) is 27.9 Å². The summed E-state index contributed by atoms with van der Waals surface area (Å²) in [5.41, 5.74) is 0.661. The van der Waals surface area contributed by atoms with Crippen LogP contribution < -0.4 is 4.74 Å². The van der Waals surface area contributed by atoms with Crippen molar-refractivity contribution in [3.63, 3.8) is 0 Å². The zero-order chi connectivity index (χ0) is 28.8. The second-order valence-electron chi connectivity index (χ2n) is 10.6. The highest BCUT2D eigenvalue weighted by Crippen LogP contribution is 2.56. The van der Waals surface area contributed by atoms with Gasteiger partial charge in [0.2, 0.25) is 0 Å². The normalized spacial score (nSPS) is 22.5. The summed E-state index contributed by atoms with van der Waals surface area (Å²) in [6.45, 7) is -0.561. The Kier molecular flexibility index (Phi) is 7.13. The lowest BCUT2D eigenvalue weighted by atomic mass is 9.81. The van der Waals surface area contributed by atoms with Crippen molar-refractivity contribution in [1.29, 1.82) is 0 Å². The number of carbonyl (C=O) groups excluding carboxylic acids is 5. The van der Waals surface area contributed by atoms with Crippen LogP contribution in [0.1, 0.15) is 50.3 Å². The number of carbonyl (C=O) groups is 5. The number of halogens is 2. The van der Waals surface area contributed by atoms with E-state index in [1.165, 1.54) is 42.5 Å². The molecule has 1 aliphatic heterocycles. The monoisotopic (exact) mass is 590 g/mol. The first-order chi connectivity index (χ1) is 19.7. The summed E-state index contributed by atoms with van der Waals surface area (Å²) in [5.74, 6) is -3.18. The van der Waals surface area contributed by atoms with Crippen molar-refractivity contribution >= 4 is 52.7 Å². The molecule has 1 heterocycles. The fourth-order valence-electron chi connectivity index (χ4n) is 6.32. The topological polar surface area (TPSA) is 101 Å². The molecule has 3 aliphatic rings. The van der Waals surface area contributed by atoms with E-state index in [0.29, 0.717) is 5.56 Å². The molecule has 0 radical (unpaired) electrons. The predicted molar refractivity (Wildman–Crippen MR) is 149 cm³/mol. The quantitative estimate of drug-likeness (QED) is 0.156. The number of ketones is 1. The molecule has 0 unspecified atom stereocenters. The first-order valence-electron chi connectivity index (χ1n) is 13.3. The van der Waals surface area contributed by atoms with Gasteiger partial charge in [0.25, 0.3) is 17.7 Å². The highest BCUT2D eigenvalue weighted by molar-refractivity contribution is 6.42. The average Bonchev–Trinajstić information content (AvgIpc) is 3.67. The molecule has 8 nitrogen and oxygen atoms in total. The van der Waals surface area contributed by atoms with Crippen LogP contribution in [0.5, 0.6) is 5.75 Å². The highest BCUT2D eigenvalue weighted by Gasteiger charge is 2.62. The number of fused-ring (bicyclic) bond motifs is 5. The zero-order valence-electron chi connectivity index (χ0n) is 21.7. The minimum Gasteiger partial charge on any atom is -0.423 e. The fourth-order valence-corrected chi connectivity index (χ4v) is 6.62. The van der Waals surface area contributed by atoms with Crippen LogP contribution in [0, 0.1) is 23.7 Å². The first-order valence-corrected chi connectivity index (χ1v) is 14.0. The van der Waals surface area contributed by atoms with Crippen LogP contribution >= 0.6 is 23.2 Å². The third-order valence-corrected chi connectivity index (χ3v) is 8.98. The van der Waals surface area contributed by atoms with Gasteiger partial charge in [-0.3, -0.25) is 19.2 Å². The summed E-state index contributed by atoms with van der Waals surface area (Å²) in [7, 11) is 0. The number of imide groups is 1. The number of hydrogen-bond donors (Lipinski definition) is 0. The molecule has 208 valence electrons. The van der Waals surface area contributed by atoms with Gasteiger partial charge in [0.15, 0.2) is 5.78 Å². The molecular formula is C31H24Cl2N2O6. The van der Waals surface area contributed by atoms with Crippen LogP contribution in [0.2, 0.25) is 10.0 Å². The Morgan fingerprint density at radius 1 is 0.780 bits per heavy atom. The molecule has 3 aromatic rings. The molecule has 2 saturated carbocycles. The molecule has 41 heavy (non-hydrogen) atoms. The fraction of sp³-hybridized carbons (Fsp3) is 0.258. The number of hydrazine groups is 1. The third kappa shape index (κ3) is 4.91. The van der Waals surface area contributed by atoms with Gasteiger partial charge in [-0.2, -0.15) is 5.01 Å². The summed E-state index contributed by atoms with van der Waals surface area (Å²) < 4.78 is 5.38. The van der Waals surface area contributed by atoms with E-state index in [2.05, 4.69) is 0 Å². The van der Waals surface area contributed by atoms with Crippen molar-refractivity contribution in [2.75, 3.05) is 6.54 Å².